The van der Waals surface area contributed by atoms with Gasteiger partial charge in [0.2, 0.25) is 5.91 Å². The fourth-order valence-electron chi connectivity index (χ4n) is 3.14. The van der Waals surface area contributed by atoms with Gasteiger partial charge in [-0.1, -0.05) is 30.0 Å². The van der Waals surface area contributed by atoms with Crippen LogP contribution in [0.15, 0.2) is 41.7 Å². The summed E-state index contributed by atoms with van der Waals surface area (Å²) in [6.07, 6.45) is 6.04. The van der Waals surface area contributed by atoms with Crippen LogP contribution in [-0.4, -0.2) is 48.4 Å². The van der Waals surface area contributed by atoms with Crippen molar-refractivity contribution in [1.29, 1.82) is 0 Å². The number of hydrogen-bond acceptors (Lipinski definition) is 6. The van der Waals surface area contributed by atoms with Crippen molar-refractivity contribution in [2.24, 2.45) is 0 Å². The van der Waals surface area contributed by atoms with Gasteiger partial charge in [-0.3, -0.25) is 4.79 Å². The summed E-state index contributed by atoms with van der Waals surface area (Å²) in [5, 5.41) is 3.80. The van der Waals surface area contributed by atoms with Gasteiger partial charge in [-0.2, -0.15) is 0 Å². The summed E-state index contributed by atoms with van der Waals surface area (Å²) < 4.78 is 5.33. The molecule has 2 heterocycles. The van der Waals surface area contributed by atoms with Crippen molar-refractivity contribution in [3.05, 3.63) is 42.2 Å². The molecule has 7 heteroatoms. The highest BCUT2D eigenvalue weighted by Gasteiger charge is 2.13. The van der Waals surface area contributed by atoms with Gasteiger partial charge < -0.3 is 15.0 Å². The number of carbonyl (C=O) groups is 1. The van der Waals surface area contributed by atoms with Crippen LogP contribution in [0.5, 0.6) is 5.75 Å². The molecule has 0 atom stereocenters. The predicted octanol–water partition coefficient (Wildman–Crippen LogP) is 2.93. The number of thioether (sulfide) groups is 1. The van der Waals surface area contributed by atoms with E-state index in [1.165, 1.54) is 31.0 Å². The minimum absolute atomic E-state index is 0.00744. The SMILES string of the molecule is COc1ccccc1CCNC(=O)CSc1cc(N2CCCCC2)ncn1. The number of anilines is 1. The average Bonchev–Trinajstić information content (AvgIpc) is 2.73. The first-order valence-electron chi connectivity index (χ1n) is 9.34. The van der Waals surface area contributed by atoms with Crippen LogP contribution in [-0.2, 0) is 11.2 Å². The Bertz CT molecular complexity index is 750. The van der Waals surface area contributed by atoms with Crippen LogP contribution in [0.1, 0.15) is 24.8 Å². The molecule has 6 nitrogen and oxygen atoms in total. The van der Waals surface area contributed by atoms with Gasteiger partial charge in [0.15, 0.2) is 0 Å². The van der Waals surface area contributed by atoms with Crippen LogP contribution in [0.25, 0.3) is 0 Å². The Labute approximate surface area is 164 Å². The van der Waals surface area contributed by atoms with E-state index in [2.05, 4.69) is 20.2 Å². The fourth-order valence-corrected chi connectivity index (χ4v) is 3.83. The van der Waals surface area contributed by atoms with Crippen molar-refractivity contribution >= 4 is 23.5 Å². The number of nitrogens with one attached hydrogen (secondary N) is 1. The molecule has 1 fully saturated rings. The highest BCUT2D eigenvalue weighted by molar-refractivity contribution is 7.99. The Morgan fingerprint density at radius 3 is 2.85 bits per heavy atom. The highest BCUT2D eigenvalue weighted by atomic mass is 32.2. The number of methoxy groups -OCH3 is 1. The Morgan fingerprint density at radius 1 is 1.22 bits per heavy atom. The van der Waals surface area contributed by atoms with Crippen LogP contribution < -0.4 is 15.0 Å². The first-order chi connectivity index (χ1) is 13.3. The van der Waals surface area contributed by atoms with Gasteiger partial charge in [0.25, 0.3) is 0 Å². The summed E-state index contributed by atoms with van der Waals surface area (Å²) in [6.45, 7) is 2.68. The second kappa shape index (κ2) is 10.2. The quantitative estimate of drug-likeness (QED) is 0.556. The molecular weight excluding hydrogens is 360 g/mol. The molecule has 0 saturated carbocycles. The van der Waals surface area contributed by atoms with Gasteiger partial charge in [0.05, 0.1) is 12.9 Å². The highest BCUT2D eigenvalue weighted by Crippen LogP contribution is 2.22. The molecule has 1 aromatic heterocycles. The lowest BCUT2D eigenvalue weighted by atomic mass is 10.1. The van der Waals surface area contributed by atoms with Gasteiger partial charge >= 0.3 is 0 Å². The topological polar surface area (TPSA) is 67.3 Å². The van der Waals surface area contributed by atoms with Gasteiger partial charge in [-0.25, -0.2) is 9.97 Å². The second-order valence-electron chi connectivity index (χ2n) is 6.46. The molecule has 0 radical (unpaired) electrons. The maximum atomic E-state index is 12.1. The van der Waals surface area contributed by atoms with E-state index >= 15 is 0 Å². The van der Waals surface area contributed by atoms with Gasteiger partial charge in [0, 0.05) is 25.7 Å². The van der Waals surface area contributed by atoms with E-state index in [9.17, 15) is 4.79 Å². The van der Waals surface area contributed by atoms with Crippen molar-refractivity contribution in [1.82, 2.24) is 15.3 Å². The third-order valence-electron chi connectivity index (χ3n) is 4.57. The summed E-state index contributed by atoms with van der Waals surface area (Å²) in [5.74, 6) is 2.17. The first kappa shape index (κ1) is 19.5. The Balaban J connectivity index is 1.43. The first-order valence-corrected chi connectivity index (χ1v) is 10.3. The van der Waals surface area contributed by atoms with Crippen LogP contribution >= 0.6 is 11.8 Å². The maximum Gasteiger partial charge on any atom is 0.230 e. The summed E-state index contributed by atoms with van der Waals surface area (Å²) in [4.78, 5) is 23.1. The molecule has 1 saturated heterocycles. The Hall–Kier alpha value is -2.28. The van der Waals surface area contributed by atoms with Gasteiger partial charge in [0.1, 0.15) is 22.9 Å². The summed E-state index contributed by atoms with van der Waals surface area (Å²) >= 11 is 1.45. The van der Waals surface area contributed by atoms with E-state index in [-0.39, 0.29) is 5.91 Å². The lowest BCUT2D eigenvalue weighted by Gasteiger charge is -2.27. The van der Waals surface area contributed by atoms with Crippen molar-refractivity contribution in [2.75, 3.05) is 37.4 Å². The normalized spacial score (nSPS) is 14.0. The molecule has 2 aromatic rings. The molecular formula is C20H26N4O2S. The molecule has 1 aromatic carbocycles. The molecule has 1 aliphatic rings. The van der Waals surface area contributed by atoms with Crippen LogP contribution in [0.2, 0.25) is 0 Å². The zero-order valence-electron chi connectivity index (χ0n) is 15.7. The summed E-state index contributed by atoms with van der Waals surface area (Å²) in [6, 6.07) is 9.85. The van der Waals surface area contributed by atoms with Gasteiger partial charge in [-0.15, -0.1) is 0 Å². The number of piperidine rings is 1. The number of benzene rings is 1. The van der Waals surface area contributed by atoms with Gasteiger partial charge in [-0.05, 0) is 37.3 Å². The number of amides is 1. The molecule has 1 aliphatic heterocycles. The molecule has 0 unspecified atom stereocenters. The second-order valence-corrected chi connectivity index (χ2v) is 7.46. The molecule has 0 spiro atoms. The number of para-hydroxylation sites is 1. The monoisotopic (exact) mass is 386 g/mol. The van der Waals surface area contributed by atoms with Crippen molar-refractivity contribution in [3.8, 4) is 5.75 Å². The van der Waals surface area contributed by atoms with Crippen molar-refractivity contribution < 1.29 is 9.53 Å². The third kappa shape index (κ3) is 5.85. The minimum atomic E-state index is 0.00744. The van der Waals surface area contributed by atoms with E-state index in [1.54, 1.807) is 13.4 Å². The molecule has 0 bridgehead atoms. The lowest BCUT2D eigenvalue weighted by molar-refractivity contribution is -0.118. The minimum Gasteiger partial charge on any atom is -0.496 e. The van der Waals surface area contributed by atoms with Crippen LogP contribution in [0.3, 0.4) is 0 Å². The molecule has 27 heavy (non-hydrogen) atoms. The zero-order chi connectivity index (χ0) is 18.9. The largest absolute Gasteiger partial charge is 0.496 e. The summed E-state index contributed by atoms with van der Waals surface area (Å²) in [7, 11) is 1.66. The van der Waals surface area contributed by atoms with E-state index in [0.29, 0.717) is 12.3 Å². The zero-order valence-corrected chi connectivity index (χ0v) is 16.5. The molecule has 3 rings (SSSR count). The number of ether oxygens (including phenoxy) is 1. The number of aromatic nitrogens is 2. The van der Waals surface area contributed by atoms with Crippen LogP contribution in [0, 0.1) is 0 Å². The molecule has 1 N–H and O–H groups in total. The standard InChI is InChI=1S/C20H26N4O2S/c1-26-17-8-4-3-7-16(17)9-10-21-19(25)14-27-20-13-18(22-15-23-20)24-11-5-2-6-12-24/h3-4,7-8,13,15H,2,5-6,9-12,14H2,1H3,(H,21,25). The van der Waals surface area contributed by atoms with E-state index in [0.717, 1.165) is 41.7 Å². The average molecular weight is 387 g/mol. The number of nitrogens with zero attached hydrogens (tertiary/aromatic N) is 3. The summed E-state index contributed by atoms with van der Waals surface area (Å²) in [5.41, 5.74) is 1.09. The smallest absolute Gasteiger partial charge is 0.230 e. The van der Waals surface area contributed by atoms with Crippen LogP contribution in [0.4, 0.5) is 5.82 Å². The molecule has 1 amide bonds. The van der Waals surface area contributed by atoms with E-state index in [4.69, 9.17) is 4.74 Å². The lowest BCUT2D eigenvalue weighted by Crippen LogP contribution is -2.30. The maximum absolute atomic E-state index is 12.1. The third-order valence-corrected chi connectivity index (χ3v) is 5.49. The molecule has 0 aliphatic carbocycles. The van der Waals surface area contributed by atoms with E-state index < -0.39 is 0 Å². The molecule has 144 valence electrons. The Kier molecular flexibility index (Phi) is 7.33. The fraction of sp³-hybridized carbons (Fsp3) is 0.450. The number of carbonyl (C=O) groups excluding carboxylic acids is 1. The van der Waals surface area contributed by atoms with E-state index in [1.807, 2.05) is 30.3 Å². The predicted molar refractivity (Wildman–Crippen MR) is 109 cm³/mol. The number of rotatable bonds is 8. The van der Waals surface area contributed by atoms with Crippen molar-refractivity contribution in [3.63, 3.8) is 0 Å². The Morgan fingerprint density at radius 2 is 2.04 bits per heavy atom. The van der Waals surface area contributed by atoms with Crippen molar-refractivity contribution in [2.45, 2.75) is 30.7 Å². The number of hydrogen-bond donors (Lipinski definition) is 1.